The van der Waals surface area contributed by atoms with E-state index in [4.69, 9.17) is 0 Å². The third kappa shape index (κ3) is 4.52. The molecular weight excluding hydrogens is 450 g/mol. The maximum absolute atomic E-state index is 13.2. The molecule has 5 nitrogen and oxygen atoms in total. The third-order valence-electron chi connectivity index (χ3n) is 6.16. The molecule has 3 aromatic rings. The zero-order valence-corrected chi connectivity index (χ0v) is 18.6. The maximum atomic E-state index is 13.2. The molecule has 0 saturated heterocycles. The SMILES string of the molecule is CC(C)(O)c1cc(C(F)(F)F)ncc1-c1ccc(C2(C(=O)Nc3ccc(F)cc3)CCC2)nc1. The van der Waals surface area contributed by atoms with Gasteiger partial charge >= 0.3 is 6.18 Å². The van der Waals surface area contributed by atoms with Crippen LogP contribution in [0.1, 0.15) is 50.1 Å². The summed E-state index contributed by atoms with van der Waals surface area (Å²) in [6.45, 7) is 2.80. The zero-order valence-electron chi connectivity index (χ0n) is 18.6. The number of carbonyl (C=O) groups excluding carboxylic acids is 1. The predicted octanol–water partition coefficient (Wildman–Crippen LogP) is 5.59. The second-order valence-corrected chi connectivity index (χ2v) is 9.00. The summed E-state index contributed by atoms with van der Waals surface area (Å²) in [5, 5.41) is 13.3. The Balaban J connectivity index is 1.65. The molecule has 2 heterocycles. The number of benzene rings is 1. The van der Waals surface area contributed by atoms with Crippen molar-refractivity contribution < 1.29 is 27.5 Å². The lowest BCUT2D eigenvalue weighted by Crippen LogP contribution is -2.46. The Hall–Kier alpha value is -3.33. The van der Waals surface area contributed by atoms with E-state index in [1.165, 1.54) is 44.3 Å². The van der Waals surface area contributed by atoms with Gasteiger partial charge in [0.25, 0.3) is 0 Å². The van der Waals surface area contributed by atoms with Crippen molar-refractivity contribution in [2.75, 3.05) is 5.32 Å². The fourth-order valence-corrected chi connectivity index (χ4v) is 4.10. The number of nitrogens with zero attached hydrogens (tertiary/aromatic N) is 2. The predicted molar refractivity (Wildman–Crippen MR) is 118 cm³/mol. The number of aliphatic hydroxyl groups is 1. The highest BCUT2D eigenvalue weighted by molar-refractivity contribution is 5.99. The molecule has 2 aromatic heterocycles. The van der Waals surface area contributed by atoms with Crippen LogP contribution >= 0.6 is 0 Å². The van der Waals surface area contributed by atoms with Crippen LogP contribution in [0.3, 0.4) is 0 Å². The first-order chi connectivity index (χ1) is 15.9. The number of aromatic nitrogens is 2. The molecule has 4 rings (SSSR count). The summed E-state index contributed by atoms with van der Waals surface area (Å²) in [5.74, 6) is -0.657. The van der Waals surface area contributed by atoms with Gasteiger partial charge in [-0.05, 0) is 68.7 Å². The molecule has 2 N–H and O–H groups in total. The maximum Gasteiger partial charge on any atom is 0.433 e. The van der Waals surface area contributed by atoms with Crippen LogP contribution in [0.15, 0.2) is 54.9 Å². The van der Waals surface area contributed by atoms with Gasteiger partial charge in [0.2, 0.25) is 5.91 Å². The molecule has 0 unspecified atom stereocenters. The lowest BCUT2D eigenvalue weighted by Gasteiger charge is -2.39. The van der Waals surface area contributed by atoms with Gasteiger partial charge in [-0.2, -0.15) is 13.2 Å². The summed E-state index contributed by atoms with van der Waals surface area (Å²) < 4.78 is 52.6. The standard InChI is InChI=1S/C25H23F4N3O2/c1-23(2,34)19-12-21(25(27,28)29)31-14-18(19)15-4-9-20(30-13-15)24(10-3-11-24)22(33)32-17-7-5-16(26)6-8-17/h4-9,12-14,34H,3,10-11H2,1-2H3,(H,32,33). The van der Waals surface area contributed by atoms with E-state index in [2.05, 4.69) is 15.3 Å². The van der Waals surface area contributed by atoms with Gasteiger partial charge in [-0.1, -0.05) is 12.5 Å². The molecule has 0 bridgehead atoms. The summed E-state index contributed by atoms with van der Waals surface area (Å²) in [7, 11) is 0. The minimum absolute atomic E-state index is 0.0665. The Morgan fingerprint density at radius 3 is 2.21 bits per heavy atom. The molecule has 0 aliphatic heterocycles. The first kappa shape index (κ1) is 23.8. The molecule has 0 radical (unpaired) electrons. The number of alkyl halides is 3. The summed E-state index contributed by atoms with van der Waals surface area (Å²) >= 11 is 0. The highest BCUT2D eigenvalue weighted by atomic mass is 19.4. The van der Waals surface area contributed by atoms with E-state index in [1.807, 2.05) is 0 Å². The Bertz CT molecular complexity index is 1200. The Kier molecular flexibility index (Phi) is 5.93. The smallest absolute Gasteiger partial charge is 0.386 e. The number of anilines is 1. The van der Waals surface area contributed by atoms with E-state index in [-0.39, 0.29) is 11.5 Å². The van der Waals surface area contributed by atoms with E-state index in [9.17, 15) is 27.5 Å². The Morgan fingerprint density at radius 2 is 1.71 bits per heavy atom. The van der Waals surface area contributed by atoms with Crippen molar-refractivity contribution in [1.82, 2.24) is 9.97 Å². The van der Waals surface area contributed by atoms with Gasteiger partial charge in [-0.15, -0.1) is 0 Å². The average molecular weight is 473 g/mol. The number of halogens is 4. The van der Waals surface area contributed by atoms with E-state index in [0.29, 0.717) is 35.3 Å². The number of carbonyl (C=O) groups is 1. The van der Waals surface area contributed by atoms with Gasteiger partial charge in [0, 0.05) is 29.2 Å². The Labute approximate surface area is 193 Å². The van der Waals surface area contributed by atoms with Crippen molar-refractivity contribution in [3.8, 4) is 11.1 Å². The molecule has 178 valence electrons. The van der Waals surface area contributed by atoms with Crippen molar-refractivity contribution >= 4 is 11.6 Å². The summed E-state index contributed by atoms with van der Waals surface area (Å²) in [6.07, 6.45) is -0.0827. The van der Waals surface area contributed by atoms with Gasteiger partial charge < -0.3 is 10.4 Å². The highest BCUT2D eigenvalue weighted by Gasteiger charge is 2.47. The highest BCUT2D eigenvalue weighted by Crippen LogP contribution is 2.44. The lowest BCUT2D eigenvalue weighted by molar-refractivity contribution is -0.141. The molecule has 9 heteroatoms. The minimum atomic E-state index is -4.64. The van der Waals surface area contributed by atoms with Gasteiger partial charge in [0.15, 0.2) is 0 Å². The number of pyridine rings is 2. The molecule has 1 aliphatic carbocycles. The first-order valence-electron chi connectivity index (χ1n) is 10.7. The summed E-state index contributed by atoms with van der Waals surface area (Å²) in [6, 6.07) is 9.64. The van der Waals surface area contributed by atoms with Crippen LogP contribution in [-0.4, -0.2) is 21.0 Å². The molecule has 0 spiro atoms. The average Bonchev–Trinajstić information content (AvgIpc) is 2.73. The van der Waals surface area contributed by atoms with E-state index < -0.39 is 28.7 Å². The lowest BCUT2D eigenvalue weighted by atomic mass is 9.65. The number of hydrogen-bond donors (Lipinski definition) is 2. The second-order valence-electron chi connectivity index (χ2n) is 9.00. The van der Waals surface area contributed by atoms with Gasteiger partial charge in [0.05, 0.1) is 16.7 Å². The molecular formula is C25H23F4N3O2. The van der Waals surface area contributed by atoms with Crippen molar-refractivity contribution in [1.29, 1.82) is 0 Å². The fourth-order valence-electron chi connectivity index (χ4n) is 4.10. The van der Waals surface area contributed by atoms with Crippen LogP contribution in [0.5, 0.6) is 0 Å². The third-order valence-corrected chi connectivity index (χ3v) is 6.16. The van der Waals surface area contributed by atoms with Crippen LogP contribution in [0, 0.1) is 5.82 Å². The number of rotatable bonds is 5. The van der Waals surface area contributed by atoms with Crippen molar-refractivity contribution in [2.45, 2.75) is 50.3 Å². The van der Waals surface area contributed by atoms with E-state index in [0.717, 1.165) is 18.7 Å². The van der Waals surface area contributed by atoms with Gasteiger partial charge in [-0.25, -0.2) is 4.39 Å². The van der Waals surface area contributed by atoms with Crippen LogP contribution in [-0.2, 0) is 22.0 Å². The minimum Gasteiger partial charge on any atom is -0.386 e. The van der Waals surface area contributed by atoms with Gasteiger partial charge in [0.1, 0.15) is 11.5 Å². The monoisotopic (exact) mass is 473 g/mol. The topological polar surface area (TPSA) is 75.1 Å². The molecule has 0 atom stereocenters. The molecule has 1 aromatic carbocycles. The van der Waals surface area contributed by atoms with Crippen LogP contribution in [0.2, 0.25) is 0 Å². The van der Waals surface area contributed by atoms with Crippen LogP contribution < -0.4 is 5.32 Å². The summed E-state index contributed by atoms with van der Waals surface area (Å²) in [4.78, 5) is 21.1. The normalized spacial score (nSPS) is 15.5. The quantitative estimate of drug-likeness (QED) is 0.474. The van der Waals surface area contributed by atoms with E-state index in [1.54, 1.807) is 12.1 Å². The van der Waals surface area contributed by atoms with Gasteiger partial charge in [-0.3, -0.25) is 14.8 Å². The van der Waals surface area contributed by atoms with E-state index >= 15 is 0 Å². The summed E-state index contributed by atoms with van der Waals surface area (Å²) in [5.41, 5.74) is -1.63. The van der Waals surface area contributed by atoms with Crippen LogP contribution in [0.4, 0.5) is 23.2 Å². The van der Waals surface area contributed by atoms with Crippen molar-refractivity contribution in [3.63, 3.8) is 0 Å². The number of nitrogens with one attached hydrogen (secondary N) is 1. The molecule has 1 amide bonds. The molecule has 1 aliphatic rings. The molecule has 34 heavy (non-hydrogen) atoms. The molecule has 1 fully saturated rings. The zero-order chi connectivity index (χ0) is 24.7. The number of amides is 1. The second kappa shape index (κ2) is 8.47. The van der Waals surface area contributed by atoms with Crippen molar-refractivity contribution in [2.24, 2.45) is 0 Å². The molecule has 1 saturated carbocycles. The van der Waals surface area contributed by atoms with Crippen molar-refractivity contribution in [3.05, 3.63) is 77.6 Å². The number of hydrogen-bond acceptors (Lipinski definition) is 4. The van der Waals surface area contributed by atoms with Crippen LogP contribution in [0.25, 0.3) is 11.1 Å². The largest absolute Gasteiger partial charge is 0.433 e. The fraction of sp³-hybridized carbons (Fsp3) is 0.320. The first-order valence-corrected chi connectivity index (χ1v) is 10.7. The Morgan fingerprint density at radius 1 is 1.03 bits per heavy atom.